The largest absolute Gasteiger partial charge is 0.312 e. The van der Waals surface area contributed by atoms with E-state index in [0.717, 1.165) is 6.42 Å². The number of aryl methyl sites for hydroxylation is 2. The van der Waals surface area contributed by atoms with Crippen molar-refractivity contribution in [1.29, 1.82) is 0 Å². The minimum absolute atomic E-state index is 0.390. The summed E-state index contributed by atoms with van der Waals surface area (Å²) >= 11 is 5.52. The van der Waals surface area contributed by atoms with E-state index in [-0.39, 0.29) is 0 Å². The van der Waals surface area contributed by atoms with Gasteiger partial charge in [-0.3, -0.25) is 0 Å². The highest BCUT2D eigenvalue weighted by atomic mass is 79.9. The first kappa shape index (κ1) is 13.8. The number of halogens is 1. The lowest BCUT2D eigenvalue weighted by atomic mass is 10.0. The molecule has 1 aromatic heterocycles. The number of hydrogen-bond donors (Lipinski definition) is 1. The Morgan fingerprint density at radius 2 is 2.00 bits per heavy atom. The fourth-order valence-corrected chi connectivity index (χ4v) is 3.60. The third-order valence-electron chi connectivity index (χ3n) is 3.26. The van der Waals surface area contributed by atoms with Crippen molar-refractivity contribution in [2.24, 2.45) is 0 Å². The van der Waals surface area contributed by atoms with Crippen LogP contribution in [0.4, 0.5) is 0 Å². The van der Waals surface area contributed by atoms with Gasteiger partial charge < -0.3 is 5.32 Å². The van der Waals surface area contributed by atoms with Gasteiger partial charge in [-0.2, -0.15) is 0 Å². The molecule has 1 N–H and O–H groups in total. The third-order valence-corrected chi connectivity index (χ3v) is 5.30. The van der Waals surface area contributed by atoms with Crippen LogP contribution in [0, 0.1) is 13.8 Å². The normalized spacial score (nSPS) is 12.7. The van der Waals surface area contributed by atoms with Crippen molar-refractivity contribution in [1.82, 2.24) is 5.32 Å². The highest BCUT2D eigenvalue weighted by Gasteiger charge is 2.14. The molecule has 18 heavy (non-hydrogen) atoms. The van der Waals surface area contributed by atoms with Crippen LogP contribution in [0.15, 0.2) is 34.8 Å². The highest BCUT2D eigenvalue weighted by Crippen LogP contribution is 2.30. The quantitative estimate of drug-likeness (QED) is 0.864. The van der Waals surface area contributed by atoms with Crippen LogP contribution in [0.5, 0.6) is 0 Å². The summed E-state index contributed by atoms with van der Waals surface area (Å²) in [6.07, 6.45) is 1.01. The van der Waals surface area contributed by atoms with E-state index in [1.807, 2.05) is 18.4 Å². The Morgan fingerprint density at radius 1 is 1.28 bits per heavy atom. The molecule has 1 aromatic carbocycles. The first-order valence-electron chi connectivity index (χ1n) is 6.09. The summed E-state index contributed by atoms with van der Waals surface area (Å²) in [6.45, 7) is 4.37. The summed E-state index contributed by atoms with van der Waals surface area (Å²) < 4.78 is 1.19. The zero-order chi connectivity index (χ0) is 13.1. The Labute approximate surface area is 121 Å². The van der Waals surface area contributed by atoms with Gasteiger partial charge in [0.1, 0.15) is 0 Å². The molecule has 0 aliphatic rings. The third kappa shape index (κ3) is 3.02. The molecular formula is C15H18BrNS. The summed E-state index contributed by atoms with van der Waals surface area (Å²) in [5, 5.41) is 3.42. The van der Waals surface area contributed by atoms with Crippen molar-refractivity contribution in [2.45, 2.75) is 26.3 Å². The number of nitrogens with one attached hydrogen (secondary N) is 1. The van der Waals surface area contributed by atoms with E-state index < -0.39 is 0 Å². The molecule has 0 fully saturated rings. The molecule has 2 aromatic rings. The summed E-state index contributed by atoms with van der Waals surface area (Å²) in [7, 11) is 2.03. The molecule has 2 rings (SSSR count). The lowest BCUT2D eigenvalue weighted by Crippen LogP contribution is -2.17. The van der Waals surface area contributed by atoms with Crippen LogP contribution >= 0.6 is 27.3 Å². The predicted molar refractivity (Wildman–Crippen MR) is 83.4 cm³/mol. The van der Waals surface area contributed by atoms with E-state index in [1.165, 1.54) is 25.4 Å². The van der Waals surface area contributed by atoms with Gasteiger partial charge >= 0.3 is 0 Å². The monoisotopic (exact) mass is 323 g/mol. The average molecular weight is 324 g/mol. The molecule has 0 radical (unpaired) electrons. The maximum atomic E-state index is 3.62. The van der Waals surface area contributed by atoms with Crippen LogP contribution in [0.1, 0.15) is 26.9 Å². The molecular weight excluding hydrogens is 306 g/mol. The van der Waals surface area contributed by atoms with Crippen molar-refractivity contribution in [2.75, 3.05) is 7.05 Å². The van der Waals surface area contributed by atoms with Gasteiger partial charge in [0.15, 0.2) is 0 Å². The molecule has 0 amide bonds. The van der Waals surface area contributed by atoms with Gasteiger partial charge in [-0.15, -0.1) is 11.3 Å². The van der Waals surface area contributed by atoms with Crippen molar-refractivity contribution in [3.05, 3.63) is 55.7 Å². The fourth-order valence-electron chi connectivity index (χ4n) is 2.00. The van der Waals surface area contributed by atoms with Crippen LogP contribution in [0.3, 0.4) is 0 Å². The fraction of sp³-hybridized carbons (Fsp3) is 0.333. The summed E-state index contributed by atoms with van der Waals surface area (Å²) in [6, 6.07) is 11.1. The number of benzene rings is 1. The van der Waals surface area contributed by atoms with E-state index in [1.54, 1.807) is 0 Å². The van der Waals surface area contributed by atoms with Gasteiger partial charge in [-0.05, 0) is 50.6 Å². The SMILES string of the molecule is CNC(Cc1ccccc1Br)c1cc(C)c(C)s1. The van der Waals surface area contributed by atoms with Crippen LogP contribution in [-0.2, 0) is 6.42 Å². The van der Waals surface area contributed by atoms with Gasteiger partial charge in [-0.1, -0.05) is 34.1 Å². The molecule has 0 aliphatic carbocycles. The van der Waals surface area contributed by atoms with Crippen LogP contribution in [-0.4, -0.2) is 7.05 Å². The summed E-state index contributed by atoms with van der Waals surface area (Å²) in [5.41, 5.74) is 2.74. The summed E-state index contributed by atoms with van der Waals surface area (Å²) in [5.74, 6) is 0. The minimum Gasteiger partial charge on any atom is -0.312 e. The van der Waals surface area contributed by atoms with Crippen LogP contribution in [0.2, 0.25) is 0 Å². The zero-order valence-corrected chi connectivity index (χ0v) is 13.4. The Kier molecular flexibility index (Phi) is 4.60. The molecule has 1 nitrogen and oxygen atoms in total. The topological polar surface area (TPSA) is 12.0 Å². The maximum Gasteiger partial charge on any atom is 0.0453 e. The summed E-state index contributed by atoms with van der Waals surface area (Å²) in [4.78, 5) is 2.83. The van der Waals surface area contributed by atoms with E-state index in [0.29, 0.717) is 6.04 Å². The van der Waals surface area contributed by atoms with Crippen molar-refractivity contribution in [3.63, 3.8) is 0 Å². The maximum absolute atomic E-state index is 3.62. The number of rotatable bonds is 4. The van der Waals surface area contributed by atoms with Crippen molar-refractivity contribution < 1.29 is 0 Å². The second kappa shape index (κ2) is 6.00. The molecule has 3 heteroatoms. The van der Waals surface area contributed by atoms with E-state index in [2.05, 4.69) is 65.4 Å². The minimum atomic E-state index is 0.390. The zero-order valence-electron chi connectivity index (χ0n) is 11.0. The second-order valence-electron chi connectivity index (χ2n) is 4.52. The number of likely N-dealkylation sites (N-methyl/N-ethyl adjacent to an activating group) is 1. The highest BCUT2D eigenvalue weighted by molar-refractivity contribution is 9.10. The molecule has 0 saturated heterocycles. The Balaban J connectivity index is 2.22. The molecule has 1 atom stereocenters. The lowest BCUT2D eigenvalue weighted by molar-refractivity contribution is 0.601. The lowest BCUT2D eigenvalue weighted by Gasteiger charge is -2.15. The molecule has 0 bridgehead atoms. The molecule has 1 heterocycles. The second-order valence-corrected chi connectivity index (χ2v) is 6.67. The van der Waals surface area contributed by atoms with Crippen molar-refractivity contribution in [3.8, 4) is 0 Å². The number of thiophene rings is 1. The molecule has 0 spiro atoms. The van der Waals surface area contributed by atoms with Gasteiger partial charge in [0, 0.05) is 20.3 Å². The van der Waals surface area contributed by atoms with Gasteiger partial charge in [-0.25, -0.2) is 0 Å². The van der Waals surface area contributed by atoms with Crippen molar-refractivity contribution >= 4 is 27.3 Å². The molecule has 96 valence electrons. The predicted octanol–water partition coefficient (Wildman–Crippen LogP) is 4.63. The van der Waals surface area contributed by atoms with E-state index in [4.69, 9.17) is 0 Å². The molecule has 0 saturated carbocycles. The number of hydrogen-bond acceptors (Lipinski definition) is 2. The van der Waals surface area contributed by atoms with Gasteiger partial charge in [0.05, 0.1) is 0 Å². The first-order valence-corrected chi connectivity index (χ1v) is 7.70. The van der Waals surface area contributed by atoms with Crippen LogP contribution in [0.25, 0.3) is 0 Å². The van der Waals surface area contributed by atoms with Gasteiger partial charge in [0.2, 0.25) is 0 Å². The van der Waals surface area contributed by atoms with E-state index in [9.17, 15) is 0 Å². The Bertz CT molecular complexity index is 514. The first-order chi connectivity index (χ1) is 8.61. The van der Waals surface area contributed by atoms with Gasteiger partial charge in [0.25, 0.3) is 0 Å². The van der Waals surface area contributed by atoms with E-state index >= 15 is 0 Å². The standard InChI is InChI=1S/C15H18BrNS/c1-10-8-15(18-11(10)2)14(17-3)9-12-6-4-5-7-13(12)16/h4-8,14,17H,9H2,1-3H3. The smallest absolute Gasteiger partial charge is 0.0453 e. The Morgan fingerprint density at radius 3 is 2.56 bits per heavy atom. The molecule has 1 unspecified atom stereocenters. The molecule has 0 aliphatic heterocycles. The Hall–Kier alpha value is -0.640. The van der Waals surface area contributed by atoms with Crippen LogP contribution < -0.4 is 5.32 Å². The average Bonchev–Trinajstić information content (AvgIpc) is 2.68.